The fourth-order valence-electron chi connectivity index (χ4n) is 3.62. The van der Waals surface area contributed by atoms with E-state index in [1.165, 1.54) is 10.7 Å². The van der Waals surface area contributed by atoms with Gasteiger partial charge in [0, 0.05) is 36.8 Å². The molecule has 1 amide bonds. The van der Waals surface area contributed by atoms with Gasteiger partial charge in [0.05, 0.1) is 6.54 Å². The molecule has 2 heterocycles. The van der Waals surface area contributed by atoms with Crippen molar-refractivity contribution in [2.75, 3.05) is 32.7 Å². The molecule has 5 heteroatoms. The highest BCUT2D eigenvalue weighted by atomic mass is 32.2. The molecule has 2 fully saturated rings. The third-order valence-electron chi connectivity index (χ3n) is 5.16. The predicted octanol–water partition coefficient (Wildman–Crippen LogP) is 2.82. The number of aliphatic imine (C=N–C) groups is 1. The molecule has 0 N–H and O–H groups in total. The molecule has 0 bridgehead atoms. The molecule has 0 spiro atoms. The van der Waals surface area contributed by atoms with E-state index in [9.17, 15) is 4.79 Å². The van der Waals surface area contributed by atoms with Gasteiger partial charge in [0.25, 0.3) is 0 Å². The van der Waals surface area contributed by atoms with Crippen LogP contribution in [0, 0.1) is 5.92 Å². The number of amidine groups is 1. The first-order valence-electron chi connectivity index (χ1n) is 8.86. The molecule has 1 aromatic carbocycles. The van der Waals surface area contributed by atoms with Crippen molar-refractivity contribution in [1.82, 2.24) is 9.80 Å². The summed E-state index contributed by atoms with van der Waals surface area (Å²) in [4.78, 5) is 21.8. The SMILES string of the molecule is CC1(C)CN=C(N2CCN(C(=O)[C@H]3C[C@H]3c3ccccc3)CC2)S1. The molecule has 128 valence electrons. The second-order valence-electron chi connectivity index (χ2n) is 7.63. The van der Waals surface area contributed by atoms with Gasteiger partial charge >= 0.3 is 0 Å². The van der Waals surface area contributed by atoms with Gasteiger partial charge in [0.2, 0.25) is 5.91 Å². The van der Waals surface area contributed by atoms with Gasteiger partial charge < -0.3 is 9.80 Å². The molecule has 1 saturated heterocycles. The average molecular weight is 343 g/mol. The standard InChI is InChI=1S/C19H25N3OS/c1-19(2)13-20-18(24-19)22-10-8-21(9-11-22)17(23)16-12-15(16)14-6-4-3-5-7-14/h3-7,15-16H,8-13H2,1-2H3/t15-,16-/m0/s1. The molecule has 24 heavy (non-hydrogen) atoms. The van der Waals surface area contributed by atoms with Crippen molar-refractivity contribution in [1.29, 1.82) is 0 Å². The summed E-state index contributed by atoms with van der Waals surface area (Å²) in [5, 5.41) is 1.17. The maximum absolute atomic E-state index is 12.7. The number of rotatable bonds is 2. The Balaban J connectivity index is 1.30. The molecule has 1 aliphatic carbocycles. The first-order chi connectivity index (χ1) is 11.5. The summed E-state index contributed by atoms with van der Waals surface area (Å²) >= 11 is 1.87. The second kappa shape index (κ2) is 6.10. The molecule has 2 atom stereocenters. The minimum atomic E-state index is 0.205. The Labute approximate surface area is 148 Å². The van der Waals surface area contributed by atoms with Crippen LogP contribution in [0.2, 0.25) is 0 Å². The van der Waals surface area contributed by atoms with E-state index in [1.54, 1.807) is 0 Å². The van der Waals surface area contributed by atoms with Gasteiger partial charge in [-0.05, 0) is 31.7 Å². The lowest BCUT2D eigenvalue weighted by atomic mass is 10.1. The van der Waals surface area contributed by atoms with E-state index in [2.05, 4.69) is 52.9 Å². The maximum Gasteiger partial charge on any atom is 0.226 e. The smallest absolute Gasteiger partial charge is 0.226 e. The first-order valence-corrected chi connectivity index (χ1v) is 9.67. The van der Waals surface area contributed by atoms with Gasteiger partial charge in [-0.3, -0.25) is 9.79 Å². The number of hydrogen-bond donors (Lipinski definition) is 0. The molecule has 3 aliphatic rings. The quantitative estimate of drug-likeness (QED) is 0.828. The number of thioether (sulfide) groups is 1. The topological polar surface area (TPSA) is 35.9 Å². The Morgan fingerprint density at radius 2 is 1.88 bits per heavy atom. The normalized spacial score (nSPS) is 28.7. The summed E-state index contributed by atoms with van der Waals surface area (Å²) in [6, 6.07) is 10.5. The van der Waals surface area contributed by atoms with Crippen LogP contribution in [-0.2, 0) is 4.79 Å². The van der Waals surface area contributed by atoms with Gasteiger partial charge in [-0.2, -0.15) is 0 Å². The van der Waals surface area contributed by atoms with Crippen molar-refractivity contribution in [3.63, 3.8) is 0 Å². The molecule has 0 aromatic heterocycles. The van der Waals surface area contributed by atoms with Gasteiger partial charge in [-0.1, -0.05) is 42.1 Å². The number of nitrogens with zero attached hydrogens (tertiary/aromatic N) is 3. The zero-order valence-corrected chi connectivity index (χ0v) is 15.3. The van der Waals surface area contributed by atoms with Crippen molar-refractivity contribution >= 4 is 22.8 Å². The van der Waals surface area contributed by atoms with E-state index < -0.39 is 0 Å². The molecule has 2 aliphatic heterocycles. The van der Waals surface area contributed by atoms with Crippen LogP contribution in [0.1, 0.15) is 31.7 Å². The second-order valence-corrected chi connectivity index (χ2v) is 9.31. The van der Waals surface area contributed by atoms with E-state index in [1.807, 2.05) is 17.8 Å². The largest absolute Gasteiger partial charge is 0.348 e. The van der Waals surface area contributed by atoms with Crippen LogP contribution in [0.5, 0.6) is 0 Å². The lowest BCUT2D eigenvalue weighted by Gasteiger charge is -2.36. The summed E-state index contributed by atoms with van der Waals surface area (Å²) in [6.45, 7) is 8.86. The number of benzene rings is 1. The van der Waals surface area contributed by atoms with Gasteiger partial charge in [0.15, 0.2) is 5.17 Å². The molecule has 4 nitrogen and oxygen atoms in total. The minimum absolute atomic E-state index is 0.205. The Morgan fingerprint density at radius 1 is 1.17 bits per heavy atom. The zero-order valence-electron chi connectivity index (χ0n) is 14.4. The lowest BCUT2D eigenvalue weighted by Crippen LogP contribution is -2.50. The zero-order chi connectivity index (χ0) is 16.7. The van der Waals surface area contributed by atoms with Crippen LogP contribution in [-0.4, -0.2) is 58.3 Å². The monoisotopic (exact) mass is 343 g/mol. The van der Waals surface area contributed by atoms with E-state index >= 15 is 0 Å². The molecule has 4 rings (SSSR count). The van der Waals surface area contributed by atoms with Gasteiger partial charge in [0.1, 0.15) is 0 Å². The molecular formula is C19H25N3OS. The highest BCUT2D eigenvalue weighted by molar-refractivity contribution is 8.15. The van der Waals surface area contributed by atoms with Gasteiger partial charge in [-0.25, -0.2) is 0 Å². The number of carbonyl (C=O) groups is 1. The molecule has 0 radical (unpaired) electrons. The van der Waals surface area contributed by atoms with Crippen molar-refractivity contribution in [3.8, 4) is 0 Å². The molecule has 1 aromatic rings. The Bertz CT molecular complexity index is 650. The van der Waals surface area contributed by atoms with Crippen LogP contribution in [0.15, 0.2) is 35.3 Å². The number of amides is 1. The fourth-order valence-corrected chi connectivity index (χ4v) is 4.69. The third-order valence-corrected chi connectivity index (χ3v) is 6.41. The highest BCUT2D eigenvalue weighted by Gasteiger charge is 2.46. The predicted molar refractivity (Wildman–Crippen MR) is 99.4 cm³/mol. The van der Waals surface area contributed by atoms with Gasteiger partial charge in [-0.15, -0.1) is 0 Å². The lowest BCUT2D eigenvalue weighted by molar-refractivity contribution is -0.133. The number of hydrogen-bond acceptors (Lipinski definition) is 4. The Hall–Kier alpha value is -1.49. The van der Waals surface area contributed by atoms with E-state index in [0.717, 1.165) is 39.1 Å². The average Bonchev–Trinajstić information content (AvgIpc) is 3.32. The van der Waals surface area contributed by atoms with Crippen molar-refractivity contribution in [3.05, 3.63) is 35.9 Å². The Morgan fingerprint density at radius 3 is 2.50 bits per heavy atom. The maximum atomic E-state index is 12.7. The van der Waals surface area contributed by atoms with Crippen LogP contribution < -0.4 is 0 Å². The summed E-state index contributed by atoms with van der Waals surface area (Å²) in [5.41, 5.74) is 1.31. The number of piperazine rings is 1. The van der Waals surface area contributed by atoms with Crippen molar-refractivity contribution in [2.24, 2.45) is 10.9 Å². The van der Waals surface area contributed by atoms with Crippen LogP contribution >= 0.6 is 11.8 Å². The summed E-state index contributed by atoms with van der Waals surface area (Å²) in [5.74, 6) is 0.994. The molecule has 1 saturated carbocycles. The minimum Gasteiger partial charge on any atom is -0.348 e. The van der Waals surface area contributed by atoms with E-state index in [0.29, 0.717) is 11.8 Å². The molecule has 0 unspecified atom stereocenters. The van der Waals surface area contributed by atoms with Crippen LogP contribution in [0.4, 0.5) is 0 Å². The highest BCUT2D eigenvalue weighted by Crippen LogP contribution is 2.48. The van der Waals surface area contributed by atoms with Crippen LogP contribution in [0.3, 0.4) is 0 Å². The summed E-state index contributed by atoms with van der Waals surface area (Å²) in [7, 11) is 0. The van der Waals surface area contributed by atoms with Crippen molar-refractivity contribution in [2.45, 2.75) is 30.9 Å². The van der Waals surface area contributed by atoms with E-state index in [-0.39, 0.29) is 10.7 Å². The fraction of sp³-hybridized carbons (Fsp3) is 0.579. The first kappa shape index (κ1) is 16.0. The number of carbonyl (C=O) groups excluding carboxylic acids is 1. The van der Waals surface area contributed by atoms with E-state index in [4.69, 9.17) is 0 Å². The summed E-state index contributed by atoms with van der Waals surface area (Å²) in [6.07, 6.45) is 1.01. The van der Waals surface area contributed by atoms with Crippen molar-refractivity contribution < 1.29 is 4.79 Å². The third kappa shape index (κ3) is 3.18. The Kier molecular flexibility index (Phi) is 4.07. The van der Waals surface area contributed by atoms with Crippen LogP contribution in [0.25, 0.3) is 0 Å². The molecular weight excluding hydrogens is 318 g/mol. The summed E-state index contributed by atoms with van der Waals surface area (Å²) < 4.78 is 0.221.